The highest BCUT2D eigenvalue weighted by Crippen LogP contribution is 2.17. The summed E-state index contributed by atoms with van der Waals surface area (Å²) >= 11 is 0. The molecule has 436 valence electrons. The maximum Gasteiger partial charge on any atom is 0.306 e. The van der Waals surface area contributed by atoms with Gasteiger partial charge in [-0.25, -0.2) is 0 Å². The van der Waals surface area contributed by atoms with Crippen LogP contribution in [0.1, 0.15) is 309 Å². The lowest BCUT2D eigenvalue weighted by Gasteiger charge is -2.15. The monoisotopic (exact) mass is 1050 g/mol. The molecule has 0 aromatic heterocycles. The summed E-state index contributed by atoms with van der Waals surface area (Å²) in [7, 11) is 0. The van der Waals surface area contributed by atoms with E-state index in [4.69, 9.17) is 9.47 Å². The lowest BCUT2D eigenvalue weighted by atomic mass is 10.0. The SMILES string of the molecule is CC/C=C\C/C=C\C/C=C\C/C=C\C/C=C\C/C=C\C/C=C\CCCCCCCCCCCCCCCC(=O)OC(CO)COC(=O)CCCCCCCCCCCCCCCCC/C=C\C/C=C\CCCCCCC. The van der Waals surface area contributed by atoms with Crippen LogP contribution in [-0.4, -0.2) is 36.4 Å². The fourth-order valence-electron chi connectivity index (χ4n) is 9.22. The van der Waals surface area contributed by atoms with Crippen LogP contribution < -0.4 is 0 Å². The zero-order valence-electron chi connectivity index (χ0n) is 50.0. The smallest absolute Gasteiger partial charge is 0.306 e. The maximum atomic E-state index is 12.4. The van der Waals surface area contributed by atoms with E-state index in [2.05, 4.69) is 123 Å². The summed E-state index contributed by atoms with van der Waals surface area (Å²) in [5.41, 5.74) is 0. The van der Waals surface area contributed by atoms with Gasteiger partial charge in [0.1, 0.15) is 6.61 Å². The lowest BCUT2D eigenvalue weighted by molar-refractivity contribution is -0.161. The number of allylic oxidation sites excluding steroid dienone is 18. The van der Waals surface area contributed by atoms with Gasteiger partial charge in [0.05, 0.1) is 6.61 Å². The van der Waals surface area contributed by atoms with Crippen LogP contribution in [0.5, 0.6) is 0 Å². The van der Waals surface area contributed by atoms with Crippen molar-refractivity contribution >= 4 is 11.9 Å². The fraction of sp³-hybridized carbons (Fsp3) is 0.718. The van der Waals surface area contributed by atoms with Crippen molar-refractivity contribution in [2.45, 2.75) is 315 Å². The van der Waals surface area contributed by atoms with Gasteiger partial charge in [0.25, 0.3) is 0 Å². The predicted molar refractivity (Wildman–Crippen MR) is 334 cm³/mol. The molecule has 0 fully saturated rings. The molecule has 0 radical (unpaired) electrons. The number of rotatable bonds is 59. The van der Waals surface area contributed by atoms with Crippen LogP contribution in [0.3, 0.4) is 0 Å². The number of ether oxygens (including phenoxy) is 2. The molecule has 0 heterocycles. The van der Waals surface area contributed by atoms with Gasteiger partial charge in [-0.1, -0.05) is 303 Å². The summed E-state index contributed by atoms with van der Waals surface area (Å²) in [6.45, 7) is 4.04. The number of esters is 2. The van der Waals surface area contributed by atoms with Crippen LogP contribution in [0.25, 0.3) is 0 Å². The van der Waals surface area contributed by atoms with Crippen LogP contribution >= 0.6 is 0 Å². The topological polar surface area (TPSA) is 72.8 Å². The van der Waals surface area contributed by atoms with Gasteiger partial charge in [-0.15, -0.1) is 0 Å². The third kappa shape index (κ3) is 63.1. The van der Waals surface area contributed by atoms with E-state index in [1.165, 1.54) is 193 Å². The van der Waals surface area contributed by atoms with E-state index in [9.17, 15) is 14.7 Å². The van der Waals surface area contributed by atoms with Gasteiger partial charge in [0.15, 0.2) is 6.10 Å². The number of aliphatic hydroxyl groups is 1. The molecule has 1 N–H and O–H groups in total. The van der Waals surface area contributed by atoms with Crippen molar-refractivity contribution in [3.63, 3.8) is 0 Å². The normalized spacial score (nSPS) is 12.9. The number of aliphatic hydroxyl groups excluding tert-OH is 1. The highest BCUT2D eigenvalue weighted by molar-refractivity contribution is 5.70. The summed E-state index contributed by atoms with van der Waals surface area (Å²) in [4.78, 5) is 24.6. The van der Waals surface area contributed by atoms with Gasteiger partial charge < -0.3 is 14.6 Å². The average molecular weight is 1060 g/mol. The van der Waals surface area contributed by atoms with E-state index in [-0.39, 0.29) is 25.2 Å². The van der Waals surface area contributed by atoms with Gasteiger partial charge in [-0.3, -0.25) is 9.59 Å². The zero-order valence-corrected chi connectivity index (χ0v) is 50.0. The van der Waals surface area contributed by atoms with Crippen molar-refractivity contribution in [2.24, 2.45) is 0 Å². The first-order valence-corrected chi connectivity index (χ1v) is 32.4. The highest BCUT2D eigenvalue weighted by atomic mass is 16.6. The summed E-state index contributed by atoms with van der Waals surface area (Å²) < 4.78 is 10.7. The number of unbranched alkanes of at least 4 members (excludes halogenated alkanes) is 33. The Morgan fingerprint density at radius 2 is 0.566 bits per heavy atom. The van der Waals surface area contributed by atoms with Crippen molar-refractivity contribution in [3.8, 4) is 0 Å². The van der Waals surface area contributed by atoms with E-state index >= 15 is 0 Å². The minimum atomic E-state index is -0.779. The van der Waals surface area contributed by atoms with Gasteiger partial charge in [0, 0.05) is 12.8 Å². The quantitative estimate of drug-likeness (QED) is 0.0373. The molecule has 0 saturated heterocycles. The molecule has 0 saturated carbocycles. The lowest BCUT2D eigenvalue weighted by Crippen LogP contribution is -2.28. The molecule has 0 bridgehead atoms. The zero-order chi connectivity index (χ0) is 54.8. The molecule has 1 atom stereocenters. The second-order valence-electron chi connectivity index (χ2n) is 21.5. The van der Waals surface area contributed by atoms with Gasteiger partial charge in [-0.2, -0.15) is 0 Å². The maximum absolute atomic E-state index is 12.4. The Kier molecular flexibility index (Phi) is 62.9. The Morgan fingerprint density at radius 1 is 0.316 bits per heavy atom. The summed E-state index contributed by atoms with van der Waals surface area (Å²) in [6.07, 6.45) is 95.2. The number of hydrogen-bond donors (Lipinski definition) is 1. The van der Waals surface area contributed by atoms with Crippen LogP contribution in [0.4, 0.5) is 0 Å². The van der Waals surface area contributed by atoms with Gasteiger partial charge in [0.2, 0.25) is 0 Å². The van der Waals surface area contributed by atoms with Crippen molar-refractivity contribution < 1.29 is 24.2 Å². The Hall–Kier alpha value is -3.44. The molecular formula is C71H122O5. The molecular weight excluding hydrogens is 933 g/mol. The molecule has 5 heteroatoms. The summed E-state index contributed by atoms with van der Waals surface area (Å²) in [5.74, 6) is -0.585. The minimum absolute atomic E-state index is 0.0683. The second-order valence-corrected chi connectivity index (χ2v) is 21.5. The summed E-state index contributed by atoms with van der Waals surface area (Å²) in [6, 6.07) is 0. The molecule has 76 heavy (non-hydrogen) atoms. The Labute approximate surface area is 471 Å². The fourth-order valence-corrected chi connectivity index (χ4v) is 9.22. The second kappa shape index (κ2) is 65.8. The predicted octanol–water partition coefficient (Wildman–Crippen LogP) is 22.4. The van der Waals surface area contributed by atoms with E-state index in [0.29, 0.717) is 12.8 Å². The van der Waals surface area contributed by atoms with Crippen LogP contribution in [0, 0.1) is 0 Å². The molecule has 0 aromatic rings. The molecule has 0 aliphatic heterocycles. The third-order valence-corrected chi connectivity index (χ3v) is 14.1. The molecule has 0 aliphatic carbocycles. The van der Waals surface area contributed by atoms with Gasteiger partial charge in [-0.05, 0) is 103 Å². The van der Waals surface area contributed by atoms with Crippen molar-refractivity contribution in [1.82, 2.24) is 0 Å². The highest BCUT2D eigenvalue weighted by Gasteiger charge is 2.16. The Balaban J connectivity index is 3.49. The van der Waals surface area contributed by atoms with Crippen molar-refractivity contribution in [3.05, 3.63) is 109 Å². The van der Waals surface area contributed by atoms with E-state index < -0.39 is 6.10 Å². The summed E-state index contributed by atoms with van der Waals surface area (Å²) in [5, 5.41) is 9.69. The van der Waals surface area contributed by atoms with Crippen LogP contribution in [-0.2, 0) is 19.1 Å². The molecule has 0 aliphatic rings. The Bertz CT molecular complexity index is 1470. The number of hydrogen-bond acceptors (Lipinski definition) is 5. The number of carbonyl (C=O) groups is 2. The van der Waals surface area contributed by atoms with E-state index in [1.54, 1.807) is 0 Å². The average Bonchev–Trinajstić information content (AvgIpc) is 3.42. The van der Waals surface area contributed by atoms with E-state index in [1.807, 2.05) is 0 Å². The third-order valence-electron chi connectivity index (χ3n) is 14.1. The van der Waals surface area contributed by atoms with Gasteiger partial charge >= 0.3 is 11.9 Å². The molecule has 1 unspecified atom stereocenters. The molecule has 0 rings (SSSR count). The van der Waals surface area contributed by atoms with Crippen molar-refractivity contribution in [2.75, 3.05) is 13.2 Å². The standard InChI is InChI=1S/C71H122O5/c1-3-5-7-9-11-13-15-17-19-21-23-25-27-29-31-32-33-34-35-36-37-38-40-42-44-46-48-50-52-54-56-58-60-62-64-66-71(74)76-69(67-72)68-75-70(73)65-63-61-59-57-55-53-51-49-47-45-43-41-39-30-28-26-24-22-20-18-16-14-12-10-8-6-4-2/h5,7,11,13,16-19,22-25,29,31,33-34,36-37,69,72H,3-4,6,8-10,12,14-15,20-21,26-28,30,32,35,38-68H2,1-2H3/b7-5-,13-11-,18-16-,19-17-,24-22-,25-23-,31-29-,34-33-,37-36-. The van der Waals surface area contributed by atoms with Crippen LogP contribution in [0.2, 0.25) is 0 Å². The largest absolute Gasteiger partial charge is 0.462 e. The molecule has 5 nitrogen and oxygen atoms in total. The molecule has 0 aromatic carbocycles. The van der Waals surface area contributed by atoms with Crippen LogP contribution in [0.15, 0.2) is 109 Å². The minimum Gasteiger partial charge on any atom is -0.462 e. The molecule has 0 amide bonds. The van der Waals surface area contributed by atoms with E-state index in [0.717, 1.165) is 89.9 Å². The molecule has 0 spiro atoms. The first-order chi connectivity index (χ1) is 37.6. The van der Waals surface area contributed by atoms with Crippen molar-refractivity contribution in [1.29, 1.82) is 0 Å². The number of carbonyl (C=O) groups excluding carboxylic acids is 2. The Morgan fingerprint density at radius 3 is 0.855 bits per heavy atom. The first kappa shape index (κ1) is 72.6. The first-order valence-electron chi connectivity index (χ1n) is 32.4.